The van der Waals surface area contributed by atoms with Gasteiger partial charge in [-0.3, -0.25) is 4.79 Å². The Morgan fingerprint density at radius 3 is 0.912 bits per heavy atom. The second-order valence-corrected chi connectivity index (χ2v) is 64.5. The minimum absolute atomic E-state index is 0.0314. The third-order valence-corrected chi connectivity index (χ3v) is 54.3. The van der Waals surface area contributed by atoms with Gasteiger partial charge >= 0.3 is 0 Å². The first-order valence-corrected chi connectivity index (χ1v) is 58.2. The number of carbonyl (C=O) groups is 1. The summed E-state index contributed by atoms with van der Waals surface area (Å²) in [6, 6.07) is 0. The number of fused-ring (bicyclic) bond motifs is 4. The minimum atomic E-state index is -1.94. The maximum absolute atomic E-state index is 10.8. The summed E-state index contributed by atoms with van der Waals surface area (Å²) in [6.45, 7) is 82.0. The molecule has 0 radical (unpaired) electrons. The van der Waals surface area contributed by atoms with E-state index >= 15 is 0 Å². The summed E-state index contributed by atoms with van der Waals surface area (Å²) in [6.07, 6.45) is 20.0. The van der Waals surface area contributed by atoms with Gasteiger partial charge < -0.3 is 65.6 Å². The third-order valence-electron chi connectivity index (χ3n) is 40.8. The second kappa shape index (κ2) is 40.8. The van der Waals surface area contributed by atoms with Crippen molar-refractivity contribution in [2.24, 2.45) is 172 Å². The Morgan fingerprint density at radius 2 is 0.656 bits per heavy atom. The highest BCUT2D eigenvalue weighted by atomic mass is 28.4. The van der Waals surface area contributed by atoms with Gasteiger partial charge in [0.15, 0.2) is 25.0 Å². The normalized spacial score (nSPS) is 43.4. The number of aliphatic hydroxyl groups excluding tert-OH is 7. The maximum Gasteiger partial charge on any atom is 0.300 e. The molecule has 0 amide bonds. The molecule has 0 aromatic carbocycles. The van der Waals surface area contributed by atoms with Crippen LogP contribution < -0.4 is 11.5 Å². The van der Waals surface area contributed by atoms with Crippen molar-refractivity contribution in [1.82, 2.24) is 0 Å². The number of aliphatic hydroxyl groups is 7. The van der Waals surface area contributed by atoms with E-state index in [1.54, 1.807) is 0 Å². The molecule has 0 bridgehead atoms. The Hall–Kier alpha value is -2.78. The van der Waals surface area contributed by atoms with Crippen LogP contribution in [0.1, 0.15) is 293 Å². The first kappa shape index (κ1) is 108. The lowest BCUT2D eigenvalue weighted by atomic mass is 9.48. The number of azide groups is 2. The summed E-state index contributed by atoms with van der Waals surface area (Å²) in [7, 11) is -5.63. The highest BCUT2D eigenvalue weighted by molar-refractivity contribution is 6.75. The van der Waals surface area contributed by atoms with E-state index in [-0.39, 0.29) is 88.7 Å². The number of nitrogens with zero attached hydrogens (tertiary/aromatic N) is 6. The number of hydrogen-bond donors (Lipinski definition) is 10. The highest BCUT2D eigenvalue weighted by Gasteiger charge is 2.64. The van der Waals surface area contributed by atoms with E-state index in [0.717, 1.165) is 89.6 Å². The smallest absolute Gasteiger partial charge is 0.300 e. The molecule has 8 unspecified atom stereocenters. The SMILES string of the molecule is C=C1CCC2[C@H](CN)C([C@@]3(C)C[C@@H](O)[C@@H](O)C[C@@H]3CO)CC[C@]12C.C=C1CCC2[C@H](CN)C([C@@]3(C)C[C@@H](O)[C@@H](O)C[C@@H]3CO[Si](C)(C)C(C)(C)C)CC[C@]12C.C=C1CCC2[C@H](CN=[N+]=[N-])C([C@@]3(C)C[C@@H](C)[C@@H](C)C[C@@H]3CO[Si](C)(C)C(C)(C)C)CC[C@]12C.C=C1CCC2[C@H](CN=[N+]=[N-])C([C@@]3(C)C[C@@H](O)[C@@H](O)C[C@@H]3CO[Si](C)(C)C(C)(C)C)CC[C@]12C.CC(=O)O. The summed E-state index contributed by atoms with van der Waals surface area (Å²) in [4.78, 5) is 15.3. The average Bonchev–Trinajstić information content (AvgIpc) is 1.65. The monoisotopic (exact) mass is 1800 g/mol. The molecular formula is C102H186N8O12Si3. The van der Waals surface area contributed by atoms with E-state index in [1.807, 2.05) is 0 Å². The number of carboxylic acids is 1. The van der Waals surface area contributed by atoms with Crippen LogP contribution in [0.15, 0.2) is 58.8 Å². The van der Waals surface area contributed by atoms with Crippen molar-refractivity contribution < 1.29 is 58.9 Å². The van der Waals surface area contributed by atoms with Gasteiger partial charge in [0.25, 0.3) is 5.97 Å². The van der Waals surface area contributed by atoms with Gasteiger partial charge in [0.1, 0.15) is 0 Å². The number of carboxylic acid groups (broad SMARTS) is 1. The topological polar surface area (TPSA) is 356 Å². The fourth-order valence-electron chi connectivity index (χ4n) is 28.4. The minimum Gasteiger partial charge on any atom is -0.481 e. The first-order chi connectivity index (χ1) is 57.5. The molecule has 0 aliphatic heterocycles. The summed E-state index contributed by atoms with van der Waals surface area (Å²) < 4.78 is 20.3. The summed E-state index contributed by atoms with van der Waals surface area (Å²) in [5.74, 6) is 7.19. The van der Waals surface area contributed by atoms with Gasteiger partial charge in [-0.1, -0.05) is 190 Å². The Bertz CT molecular complexity index is 3640. The first-order valence-electron chi connectivity index (χ1n) is 49.5. The third kappa shape index (κ3) is 21.9. The van der Waals surface area contributed by atoms with Crippen LogP contribution in [-0.4, -0.2) is 161 Å². The van der Waals surface area contributed by atoms with Crippen LogP contribution in [0, 0.1) is 150 Å². The lowest BCUT2D eigenvalue weighted by molar-refractivity contribution is -0.136. The van der Waals surface area contributed by atoms with Gasteiger partial charge in [-0.05, 0) is 382 Å². The van der Waals surface area contributed by atoms with Crippen molar-refractivity contribution >= 4 is 30.9 Å². The maximum atomic E-state index is 10.8. The van der Waals surface area contributed by atoms with E-state index < -0.39 is 67.5 Å². The van der Waals surface area contributed by atoms with Gasteiger partial charge in [-0.2, -0.15) is 0 Å². The van der Waals surface area contributed by atoms with Crippen LogP contribution in [0.25, 0.3) is 20.9 Å². The van der Waals surface area contributed by atoms with Crippen molar-refractivity contribution in [3.05, 3.63) is 69.5 Å². The molecule has 0 heterocycles. The molecule has 125 heavy (non-hydrogen) atoms. The molecule has 12 aliphatic rings. The molecule has 0 aromatic rings. The fourth-order valence-corrected chi connectivity index (χ4v) is 31.5. The number of hydrogen-bond acceptors (Lipinski definition) is 15. The van der Waals surface area contributed by atoms with E-state index in [2.05, 4.69) is 217 Å². The molecule has 23 heteroatoms. The van der Waals surface area contributed by atoms with Gasteiger partial charge in [0.05, 0.1) is 36.6 Å². The molecule has 0 saturated heterocycles. The molecule has 12 aliphatic carbocycles. The lowest BCUT2D eigenvalue weighted by Crippen LogP contribution is -2.56. The predicted octanol–water partition coefficient (Wildman–Crippen LogP) is 22.7. The molecule has 718 valence electrons. The molecule has 32 atom stereocenters. The van der Waals surface area contributed by atoms with Crippen molar-refractivity contribution in [3.63, 3.8) is 0 Å². The predicted molar refractivity (Wildman–Crippen MR) is 518 cm³/mol. The Balaban J connectivity index is 0.000000204. The largest absolute Gasteiger partial charge is 0.481 e. The molecular weight excluding hydrogens is 1610 g/mol. The fraction of sp³-hybridized carbons (Fsp3) is 0.912. The Labute approximate surface area is 762 Å². The molecule has 12 N–H and O–H groups in total. The molecule has 12 saturated carbocycles. The van der Waals surface area contributed by atoms with Crippen LogP contribution in [0.4, 0.5) is 0 Å². The summed E-state index contributed by atoms with van der Waals surface area (Å²) >= 11 is 0. The number of aliphatic carboxylic acids is 1. The van der Waals surface area contributed by atoms with Crippen LogP contribution in [0.5, 0.6) is 0 Å². The summed E-state index contributed by atoms with van der Waals surface area (Å²) in [5, 5.41) is 89.3. The molecule has 0 aromatic heterocycles. The van der Waals surface area contributed by atoms with Crippen LogP contribution in [-0.2, 0) is 18.1 Å². The lowest BCUT2D eigenvalue weighted by Gasteiger charge is -2.58. The highest BCUT2D eigenvalue weighted by Crippen LogP contribution is 2.69. The molecule has 0 spiro atoms. The van der Waals surface area contributed by atoms with Crippen LogP contribution in [0.3, 0.4) is 0 Å². The van der Waals surface area contributed by atoms with Crippen molar-refractivity contribution in [2.75, 3.05) is 52.6 Å². The average molecular weight is 1800 g/mol. The van der Waals surface area contributed by atoms with Crippen LogP contribution in [0.2, 0.25) is 54.4 Å². The van der Waals surface area contributed by atoms with E-state index in [4.69, 9.17) is 40.2 Å². The zero-order valence-electron chi connectivity index (χ0n) is 83.9. The second-order valence-electron chi connectivity index (χ2n) is 50.0. The number of allylic oxidation sites excluding steroid dienone is 4. The van der Waals surface area contributed by atoms with E-state index in [0.29, 0.717) is 149 Å². The van der Waals surface area contributed by atoms with Gasteiger partial charge in [-0.25, -0.2) is 0 Å². The Morgan fingerprint density at radius 1 is 0.416 bits per heavy atom. The Kier molecular flexibility index (Phi) is 35.1. The zero-order valence-corrected chi connectivity index (χ0v) is 86.9. The van der Waals surface area contributed by atoms with E-state index in [9.17, 15) is 41.3 Å². The van der Waals surface area contributed by atoms with Crippen molar-refractivity contribution in [3.8, 4) is 0 Å². The number of nitrogens with two attached hydrogens (primary N) is 2. The van der Waals surface area contributed by atoms with Crippen molar-refractivity contribution in [2.45, 2.75) is 384 Å². The molecule has 12 fully saturated rings. The zero-order chi connectivity index (χ0) is 94.3. The quantitative estimate of drug-likeness (QED) is 0.0178. The standard InChI is InChI=1S/C28H51N3OSi.C26H47N3O3Si.C26H49NO3Si.C20H35NO3.C2H4O2/c1-19-15-22(18-32-33(9,10)26(4,5)6)28(8,16-20(19)2)25-13-14-27(7)21(3)11-12-24(27)23(25)17-30-31-29;1-17-9-10-20-19(15-28-29-27)21(11-12-25(17,20)5)26(6)14-23(31)22(30)13-18(26)16-32-33(7,8)24(2,3)4;1-17-9-10-20-19(15-27)21(11-12-25(17,20)5)26(6)14-23(29)22(28)13-18(26)16-30-31(7,8)24(2,3)4;1-12-4-5-15-14(10-21)16(6-7-19(12,15)2)20(3)9-18(24)17(23)8-13(20)11-22;1-2(3)4/h19-20,22-25H,3,11-18H2,1-2,4-10H3;18-23,30-31H,1,9-16H2,2-8H3;18-23,28-29H,1,9-16,27H2,2-8H3;13-18,22-24H,1,4-11,21H2,2-3H3;1H3,(H,3,4)/t19-,20+,22+,23-,24?,25?,27+,28-;2*18-,19+,20?,21?,22+,23-,25-,26+;13-,14+,15?,16?,17+,18-,19-,20+;/m0111./s1. The van der Waals surface area contributed by atoms with Gasteiger partial charge in [-0.15, -0.1) is 0 Å². The van der Waals surface area contributed by atoms with Gasteiger partial charge in [0, 0.05) is 56.3 Å². The summed E-state index contributed by atoms with van der Waals surface area (Å²) in [5.41, 5.74) is 37.2. The molecule has 20 nitrogen and oxygen atoms in total. The van der Waals surface area contributed by atoms with Crippen molar-refractivity contribution in [1.29, 1.82) is 0 Å². The molecule has 12 rings (SSSR count). The number of rotatable bonds is 20. The van der Waals surface area contributed by atoms with Gasteiger partial charge in [0.2, 0.25) is 0 Å². The van der Waals surface area contributed by atoms with Crippen LogP contribution >= 0.6 is 0 Å². The van der Waals surface area contributed by atoms with E-state index in [1.165, 1.54) is 73.7 Å².